The molecule has 0 bridgehead atoms. The zero-order valence-corrected chi connectivity index (χ0v) is 10.7. The fourth-order valence-corrected chi connectivity index (χ4v) is 2.28. The lowest BCUT2D eigenvalue weighted by Crippen LogP contribution is -2.00. The van der Waals surface area contributed by atoms with Crippen LogP contribution in [0.3, 0.4) is 0 Å². The summed E-state index contributed by atoms with van der Waals surface area (Å²) in [5.41, 5.74) is -0.416. The summed E-state index contributed by atoms with van der Waals surface area (Å²) in [6.45, 7) is 0. The summed E-state index contributed by atoms with van der Waals surface area (Å²) in [4.78, 5) is 21.1. The molecule has 20 heavy (non-hydrogen) atoms. The molecule has 2 aromatic rings. The maximum atomic E-state index is 13.2. The molecule has 0 saturated heterocycles. The first-order chi connectivity index (χ1) is 9.47. The molecule has 0 unspecified atom stereocenters. The molecule has 0 aliphatic rings. The number of carboxylic acid groups (broad SMARTS) is 1. The van der Waals surface area contributed by atoms with Crippen LogP contribution in [0.2, 0.25) is 0 Å². The van der Waals surface area contributed by atoms with Crippen LogP contribution < -0.4 is 0 Å². The number of halogens is 1. The van der Waals surface area contributed by atoms with Gasteiger partial charge in [0.15, 0.2) is 0 Å². The number of carbonyl (C=O) groups is 1. The monoisotopic (exact) mass is 297 g/mol. The molecule has 0 amide bonds. The Morgan fingerprint density at radius 3 is 2.75 bits per heavy atom. The van der Waals surface area contributed by atoms with Crippen LogP contribution in [0.15, 0.2) is 39.6 Å². The minimum absolute atomic E-state index is 0.276. The third-order valence-electron chi connectivity index (χ3n) is 2.38. The van der Waals surface area contributed by atoms with Crippen LogP contribution in [0.5, 0.6) is 0 Å². The lowest BCUT2D eigenvalue weighted by Gasteiger charge is -2.02. The predicted molar refractivity (Wildman–Crippen MR) is 68.3 cm³/mol. The Hall–Kier alpha value is -2.35. The van der Waals surface area contributed by atoms with E-state index in [2.05, 4.69) is 0 Å². The van der Waals surface area contributed by atoms with Gasteiger partial charge >= 0.3 is 11.9 Å². The Bertz CT molecular complexity index is 670. The molecule has 0 saturated carbocycles. The minimum Gasteiger partial charge on any atom is -0.478 e. The molecule has 8 heteroatoms. The van der Waals surface area contributed by atoms with E-state index in [4.69, 9.17) is 9.52 Å². The summed E-state index contributed by atoms with van der Waals surface area (Å²) in [7, 11) is 0. The van der Waals surface area contributed by atoms with Crippen molar-refractivity contribution in [3.8, 4) is 0 Å². The molecule has 0 aliphatic carbocycles. The molecule has 0 atom stereocenters. The van der Waals surface area contributed by atoms with Gasteiger partial charge in [0, 0.05) is 4.90 Å². The molecular weight excluding hydrogens is 289 g/mol. The number of rotatable bonds is 5. The minimum atomic E-state index is -1.35. The van der Waals surface area contributed by atoms with Crippen molar-refractivity contribution in [1.29, 1.82) is 0 Å². The van der Waals surface area contributed by atoms with Crippen molar-refractivity contribution in [1.82, 2.24) is 0 Å². The first kappa shape index (κ1) is 14.1. The molecule has 104 valence electrons. The molecule has 0 aliphatic heterocycles. The first-order valence-corrected chi connectivity index (χ1v) is 6.34. The quantitative estimate of drug-likeness (QED) is 0.517. The standard InChI is InChI=1S/C12H8FNO5S/c13-10-3-2-8(5-9(10)12(15)16)20-6-7-1-4-11(19-7)14(17)18/h1-5H,6H2,(H,15,16). The van der Waals surface area contributed by atoms with E-state index in [1.165, 1.54) is 36.0 Å². The Balaban J connectivity index is 2.08. The van der Waals surface area contributed by atoms with E-state index >= 15 is 0 Å². The molecule has 1 aromatic carbocycles. The van der Waals surface area contributed by atoms with Gasteiger partial charge < -0.3 is 9.52 Å². The number of nitrogens with zero attached hydrogens (tertiary/aromatic N) is 1. The highest BCUT2D eigenvalue weighted by Gasteiger charge is 2.13. The number of furan rings is 1. The van der Waals surface area contributed by atoms with Crippen LogP contribution in [0.1, 0.15) is 16.1 Å². The topological polar surface area (TPSA) is 93.6 Å². The molecule has 0 fully saturated rings. The molecule has 0 radical (unpaired) electrons. The Kier molecular flexibility index (Phi) is 4.04. The lowest BCUT2D eigenvalue weighted by atomic mass is 10.2. The van der Waals surface area contributed by atoms with Gasteiger partial charge in [-0.3, -0.25) is 10.1 Å². The summed E-state index contributed by atoms with van der Waals surface area (Å²) in [6.07, 6.45) is 0. The molecule has 6 nitrogen and oxygen atoms in total. The van der Waals surface area contributed by atoms with Crippen LogP contribution in [-0.4, -0.2) is 16.0 Å². The molecule has 1 heterocycles. The number of hydrogen-bond acceptors (Lipinski definition) is 5. The van der Waals surface area contributed by atoms with Gasteiger partial charge in [-0.25, -0.2) is 9.18 Å². The number of hydrogen-bond donors (Lipinski definition) is 1. The van der Waals surface area contributed by atoms with E-state index < -0.39 is 22.3 Å². The van der Waals surface area contributed by atoms with Crippen LogP contribution in [0, 0.1) is 15.9 Å². The summed E-state index contributed by atoms with van der Waals surface area (Å²) in [6, 6.07) is 6.41. The SMILES string of the molecule is O=C(O)c1cc(SCc2ccc([N+](=O)[O-])o2)ccc1F. The van der Waals surface area contributed by atoms with Gasteiger partial charge in [-0.1, -0.05) is 0 Å². The van der Waals surface area contributed by atoms with E-state index in [0.717, 1.165) is 6.07 Å². The van der Waals surface area contributed by atoms with Crippen molar-refractivity contribution in [2.75, 3.05) is 0 Å². The fraction of sp³-hybridized carbons (Fsp3) is 0.0833. The normalized spacial score (nSPS) is 10.4. The number of aromatic carboxylic acids is 1. The third kappa shape index (κ3) is 3.15. The van der Waals surface area contributed by atoms with Gasteiger partial charge in [-0.15, -0.1) is 11.8 Å². The van der Waals surface area contributed by atoms with Gasteiger partial charge in [-0.05, 0) is 24.3 Å². The van der Waals surface area contributed by atoms with Crippen molar-refractivity contribution in [3.63, 3.8) is 0 Å². The molecular formula is C12H8FNO5S. The van der Waals surface area contributed by atoms with Crippen molar-refractivity contribution >= 4 is 23.6 Å². The van der Waals surface area contributed by atoms with E-state index in [1.807, 2.05) is 0 Å². The van der Waals surface area contributed by atoms with Crippen LogP contribution in [0.25, 0.3) is 0 Å². The first-order valence-electron chi connectivity index (χ1n) is 5.36. The predicted octanol–water partition coefficient (Wildman–Crippen LogP) is 3.32. The smallest absolute Gasteiger partial charge is 0.433 e. The Morgan fingerprint density at radius 2 is 2.15 bits per heavy atom. The van der Waals surface area contributed by atoms with Crippen LogP contribution >= 0.6 is 11.8 Å². The Labute approximate surface area is 116 Å². The molecule has 2 rings (SSSR count). The van der Waals surface area contributed by atoms with Crippen molar-refractivity contribution in [2.45, 2.75) is 10.6 Å². The number of thioether (sulfide) groups is 1. The average molecular weight is 297 g/mol. The van der Waals surface area contributed by atoms with Gasteiger partial charge in [0.1, 0.15) is 16.5 Å². The van der Waals surface area contributed by atoms with Gasteiger partial charge in [0.25, 0.3) is 0 Å². The van der Waals surface area contributed by atoms with E-state index in [9.17, 15) is 19.3 Å². The maximum absolute atomic E-state index is 13.2. The second-order valence-electron chi connectivity index (χ2n) is 3.73. The highest BCUT2D eigenvalue weighted by atomic mass is 32.2. The summed E-state index contributed by atoms with van der Waals surface area (Å²) >= 11 is 1.19. The van der Waals surface area contributed by atoms with Crippen LogP contribution in [0.4, 0.5) is 10.3 Å². The second kappa shape index (κ2) is 5.74. The highest BCUT2D eigenvalue weighted by molar-refractivity contribution is 7.98. The lowest BCUT2D eigenvalue weighted by molar-refractivity contribution is -0.402. The fourth-order valence-electron chi connectivity index (χ4n) is 1.45. The third-order valence-corrected chi connectivity index (χ3v) is 3.39. The van der Waals surface area contributed by atoms with E-state index in [0.29, 0.717) is 10.7 Å². The van der Waals surface area contributed by atoms with Crippen molar-refractivity contribution in [3.05, 3.63) is 57.6 Å². The van der Waals surface area contributed by atoms with Gasteiger partial charge in [-0.2, -0.15) is 0 Å². The van der Waals surface area contributed by atoms with Crippen molar-refractivity contribution in [2.24, 2.45) is 0 Å². The number of nitro groups is 1. The number of carboxylic acids is 1. The van der Waals surface area contributed by atoms with Crippen LogP contribution in [-0.2, 0) is 5.75 Å². The zero-order chi connectivity index (χ0) is 14.7. The van der Waals surface area contributed by atoms with E-state index in [-0.39, 0.29) is 11.6 Å². The molecule has 0 spiro atoms. The molecule has 1 aromatic heterocycles. The Morgan fingerprint density at radius 1 is 1.40 bits per heavy atom. The number of benzene rings is 1. The summed E-state index contributed by atoms with van der Waals surface area (Å²) in [5, 5.41) is 19.2. The van der Waals surface area contributed by atoms with Crippen molar-refractivity contribution < 1.29 is 23.6 Å². The van der Waals surface area contributed by atoms with E-state index in [1.54, 1.807) is 0 Å². The summed E-state index contributed by atoms with van der Waals surface area (Å²) in [5.74, 6) is -1.86. The second-order valence-corrected chi connectivity index (χ2v) is 4.78. The highest BCUT2D eigenvalue weighted by Crippen LogP contribution is 2.27. The maximum Gasteiger partial charge on any atom is 0.433 e. The zero-order valence-electron chi connectivity index (χ0n) is 9.91. The van der Waals surface area contributed by atoms with Gasteiger partial charge in [0.2, 0.25) is 0 Å². The largest absolute Gasteiger partial charge is 0.478 e. The van der Waals surface area contributed by atoms with Gasteiger partial charge in [0.05, 0.1) is 17.4 Å². The summed E-state index contributed by atoms with van der Waals surface area (Å²) < 4.78 is 18.2. The average Bonchev–Trinajstić information content (AvgIpc) is 2.86. The molecule has 1 N–H and O–H groups in total.